The summed E-state index contributed by atoms with van der Waals surface area (Å²) >= 11 is 8.26. The molecule has 1 aliphatic heterocycles. The molecule has 0 spiro atoms. The minimum Gasteiger partial charge on any atom is -0.329 e. The molecular weight excluding hydrogens is 242 g/mol. The van der Waals surface area contributed by atoms with Gasteiger partial charge in [0.15, 0.2) is 0 Å². The number of rotatable bonds is 3. The van der Waals surface area contributed by atoms with Gasteiger partial charge in [0.2, 0.25) is 0 Å². The Bertz CT molecular complexity index is 383. The lowest BCUT2D eigenvalue weighted by Crippen LogP contribution is -2.34. The first kappa shape index (κ1) is 12.3. The van der Waals surface area contributed by atoms with Crippen LogP contribution in [0.5, 0.6) is 0 Å². The highest BCUT2D eigenvalue weighted by atomic mass is 35.5. The Labute approximate surface area is 106 Å². The standard InChI is InChI=1S/C11H18ClN3S/c1-8-10(12)9(15(2)14-8)6-11(7-13)4-3-5-16-11/h3-7,13H2,1-2H3. The number of nitrogens with two attached hydrogens (primary N) is 1. The van der Waals surface area contributed by atoms with Crippen LogP contribution in [0.25, 0.3) is 0 Å². The van der Waals surface area contributed by atoms with Crippen molar-refractivity contribution in [3.8, 4) is 0 Å². The molecule has 1 saturated heterocycles. The third-order valence-electron chi connectivity index (χ3n) is 3.31. The summed E-state index contributed by atoms with van der Waals surface area (Å²) in [7, 11) is 1.96. The highest BCUT2D eigenvalue weighted by Gasteiger charge is 2.35. The average Bonchev–Trinajstić information content (AvgIpc) is 2.81. The van der Waals surface area contributed by atoms with E-state index in [9.17, 15) is 0 Å². The van der Waals surface area contributed by atoms with Gasteiger partial charge in [-0.3, -0.25) is 4.68 Å². The van der Waals surface area contributed by atoms with Gasteiger partial charge in [0.05, 0.1) is 16.4 Å². The Hall–Kier alpha value is -0.190. The normalized spacial score (nSPS) is 25.2. The molecule has 0 aromatic carbocycles. The molecule has 1 unspecified atom stereocenters. The summed E-state index contributed by atoms with van der Waals surface area (Å²) in [5.74, 6) is 1.21. The zero-order chi connectivity index (χ0) is 11.8. The minimum absolute atomic E-state index is 0.184. The molecule has 0 radical (unpaired) electrons. The van der Waals surface area contributed by atoms with E-state index in [4.69, 9.17) is 17.3 Å². The number of halogens is 1. The molecule has 0 saturated carbocycles. The van der Waals surface area contributed by atoms with Gasteiger partial charge in [0, 0.05) is 24.8 Å². The fourth-order valence-electron chi connectivity index (χ4n) is 2.31. The van der Waals surface area contributed by atoms with Gasteiger partial charge in [0.25, 0.3) is 0 Å². The quantitative estimate of drug-likeness (QED) is 0.905. The first-order valence-electron chi connectivity index (χ1n) is 5.60. The molecule has 1 atom stereocenters. The number of hydrogen-bond acceptors (Lipinski definition) is 3. The van der Waals surface area contributed by atoms with Crippen LogP contribution >= 0.6 is 23.4 Å². The second kappa shape index (κ2) is 4.59. The predicted octanol–water partition coefficient (Wildman–Crippen LogP) is 2.15. The monoisotopic (exact) mass is 259 g/mol. The van der Waals surface area contributed by atoms with E-state index in [0.29, 0.717) is 0 Å². The van der Waals surface area contributed by atoms with Crippen molar-refractivity contribution in [3.63, 3.8) is 0 Å². The second-order valence-corrected chi connectivity index (χ2v) is 6.43. The van der Waals surface area contributed by atoms with Crippen molar-refractivity contribution >= 4 is 23.4 Å². The van der Waals surface area contributed by atoms with Gasteiger partial charge in [-0.25, -0.2) is 0 Å². The van der Waals surface area contributed by atoms with Crippen LogP contribution in [0, 0.1) is 6.92 Å². The van der Waals surface area contributed by atoms with Crippen molar-refractivity contribution in [1.29, 1.82) is 0 Å². The summed E-state index contributed by atoms with van der Waals surface area (Å²) in [6.07, 6.45) is 3.38. The molecule has 16 heavy (non-hydrogen) atoms. The van der Waals surface area contributed by atoms with Gasteiger partial charge in [-0.2, -0.15) is 16.9 Å². The van der Waals surface area contributed by atoms with Crippen LogP contribution in [0.15, 0.2) is 0 Å². The Morgan fingerprint density at radius 3 is 2.81 bits per heavy atom. The largest absolute Gasteiger partial charge is 0.329 e. The fourth-order valence-corrected chi connectivity index (χ4v) is 3.90. The predicted molar refractivity (Wildman–Crippen MR) is 70.1 cm³/mol. The fraction of sp³-hybridized carbons (Fsp3) is 0.727. The van der Waals surface area contributed by atoms with Gasteiger partial charge in [0.1, 0.15) is 0 Å². The minimum atomic E-state index is 0.184. The Balaban J connectivity index is 2.25. The molecule has 1 aromatic rings. The van der Waals surface area contributed by atoms with E-state index in [0.717, 1.165) is 29.4 Å². The summed E-state index contributed by atoms with van der Waals surface area (Å²) in [6, 6.07) is 0. The maximum atomic E-state index is 6.28. The summed E-state index contributed by atoms with van der Waals surface area (Å²) in [6.45, 7) is 2.67. The smallest absolute Gasteiger partial charge is 0.0847 e. The number of aromatic nitrogens is 2. The topological polar surface area (TPSA) is 43.8 Å². The van der Waals surface area contributed by atoms with Crippen molar-refractivity contribution in [2.45, 2.75) is 30.9 Å². The molecule has 1 aliphatic rings. The van der Waals surface area contributed by atoms with Crippen LogP contribution in [0.2, 0.25) is 5.02 Å². The highest BCUT2D eigenvalue weighted by molar-refractivity contribution is 8.00. The Morgan fingerprint density at radius 2 is 2.38 bits per heavy atom. The number of aryl methyl sites for hydroxylation is 2. The van der Waals surface area contributed by atoms with E-state index in [1.54, 1.807) is 0 Å². The molecule has 0 aliphatic carbocycles. The van der Waals surface area contributed by atoms with E-state index in [-0.39, 0.29) is 4.75 Å². The van der Waals surface area contributed by atoms with Crippen LogP contribution in [0.1, 0.15) is 24.2 Å². The maximum absolute atomic E-state index is 6.28. The van der Waals surface area contributed by atoms with E-state index < -0.39 is 0 Å². The van der Waals surface area contributed by atoms with Crippen molar-refractivity contribution in [3.05, 3.63) is 16.4 Å². The van der Waals surface area contributed by atoms with E-state index in [1.807, 2.05) is 30.4 Å². The molecule has 0 bridgehead atoms. The first-order valence-corrected chi connectivity index (χ1v) is 6.96. The third kappa shape index (κ3) is 2.11. The van der Waals surface area contributed by atoms with Crippen LogP contribution in [-0.4, -0.2) is 26.8 Å². The summed E-state index contributed by atoms with van der Waals surface area (Å²) in [5, 5.41) is 5.16. The van der Waals surface area contributed by atoms with Crippen LogP contribution in [0.4, 0.5) is 0 Å². The Kier molecular flexibility index (Phi) is 3.52. The molecule has 1 fully saturated rings. The molecule has 5 heteroatoms. The SMILES string of the molecule is Cc1nn(C)c(CC2(CN)CCCS2)c1Cl. The second-order valence-electron chi connectivity index (χ2n) is 4.49. The average molecular weight is 260 g/mol. The molecule has 2 heterocycles. The molecule has 90 valence electrons. The lowest BCUT2D eigenvalue weighted by Gasteiger charge is -2.26. The van der Waals surface area contributed by atoms with Gasteiger partial charge in [-0.05, 0) is 25.5 Å². The van der Waals surface area contributed by atoms with Gasteiger partial charge in [-0.1, -0.05) is 11.6 Å². The lowest BCUT2D eigenvalue weighted by atomic mass is 9.97. The van der Waals surface area contributed by atoms with E-state index in [1.165, 1.54) is 18.6 Å². The number of hydrogen-bond donors (Lipinski definition) is 1. The van der Waals surface area contributed by atoms with Crippen molar-refractivity contribution < 1.29 is 0 Å². The molecule has 0 amide bonds. The lowest BCUT2D eigenvalue weighted by molar-refractivity contribution is 0.540. The first-order chi connectivity index (χ1) is 7.58. The van der Waals surface area contributed by atoms with Gasteiger partial charge < -0.3 is 5.73 Å². The van der Waals surface area contributed by atoms with Gasteiger partial charge >= 0.3 is 0 Å². The van der Waals surface area contributed by atoms with Crippen LogP contribution in [0.3, 0.4) is 0 Å². The molecule has 3 nitrogen and oxygen atoms in total. The summed E-state index contributed by atoms with van der Waals surface area (Å²) in [5.41, 5.74) is 7.97. The van der Waals surface area contributed by atoms with Crippen LogP contribution < -0.4 is 5.73 Å². The molecule has 2 rings (SSSR count). The van der Waals surface area contributed by atoms with E-state index in [2.05, 4.69) is 5.10 Å². The Morgan fingerprint density at radius 1 is 1.62 bits per heavy atom. The molecule has 2 N–H and O–H groups in total. The highest BCUT2D eigenvalue weighted by Crippen LogP contribution is 2.41. The zero-order valence-electron chi connectivity index (χ0n) is 9.79. The van der Waals surface area contributed by atoms with E-state index >= 15 is 0 Å². The number of nitrogens with zero attached hydrogens (tertiary/aromatic N) is 2. The van der Waals surface area contributed by atoms with Crippen molar-refractivity contribution in [2.24, 2.45) is 12.8 Å². The van der Waals surface area contributed by atoms with Crippen LogP contribution in [-0.2, 0) is 13.5 Å². The van der Waals surface area contributed by atoms with Crippen molar-refractivity contribution in [1.82, 2.24) is 9.78 Å². The molecule has 1 aromatic heterocycles. The van der Waals surface area contributed by atoms with Crippen molar-refractivity contribution in [2.75, 3.05) is 12.3 Å². The summed E-state index contributed by atoms with van der Waals surface area (Å²) < 4.78 is 2.08. The number of thioether (sulfide) groups is 1. The third-order valence-corrected chi connectivity index (χ3v) is 5.42. The molecular formula is C11H18ClN3S. The van der Waals surface area contributed by atoms with Gasteiger partial charge in [-0.15, -0.1) is 0 Å². The summed E-state index contributed by atoms with van der Waals surface area (Å²) in [4.78, 5) is 0. The zero-order valence-corrected chi connectivity index (χ0v) is 11.4. The maximum Gasteiger partial charge on any atom is 0.0847 e.